The van der Waals surface area contributed by atoms with Gasteiger partial charge in [0.2, 0.25) is 5.91 Å². The summed E-state index contributed by atoms with van der Waals surface area (Å²) in [5, 5.41) is 11.8. The highest BCUT2D eigenvalue weighted by atomic mass is 16.6. The van der Waals surface area contributed by atoms with Gasteiger partial charge >= 0.3 is 0 Å². The quantitative estimate of drug-likeness (QED) is 0.463. The number of rotatable bonds is 4. The van der Waals surface area contributed by atoms with E-state index in [2.05, 4.69) is 6.92 Å². The molecule has 0 spiro atoms. The van der Waals surface area contributed by atoms with Crippen molar-refractivity contribution in [3.05, 3.63) is 80.5 Å². The van der Waals surface area contributed by atoms with Crippen LogP contribution in [-0.4, -0.2) is 16.6 Å². The van der Waals surface area contributed by atoms with Crippen molar-refractivity contribution in [3.63, 3.8) is 0 Å². The predicted octanol–water partition coefficient (Wildman–Crippen LogP) is 5.63. The van der Waals surface area contributed by atoms with Crippen molar-refractivity contribution < 1.29 is 14.5 Å². The van der Waals surface area contributed by atoms with Gasteiger partial charge in [-0.15, -0.1) is 0 Å². The summed E-state index contributed by atoms with van der Waals surface area (Å²) in [6.45, 7) is 7.86. The van der Waals surface area contributed by atoms with Gasteiger partial charge in [-0.05, 0) is 47.9 Å². The number of ketones is 1. The number of anilines is 1. The molecular weight excluding hydrogens is 404 g/mol. The first kappa shape index (κ1) is 21.9. The zero-order valence-corrected chi connectivity index (χ0v) is 19.0. The second kappa shape index (κ2) is 8.01. The van der Waals surface area contributed by atoms with E-state index in [0.29, 0.717) is 24.1 Å². The van der Waals surface area contributed by atoms with Crippen LogP contribution in [0.1, 0.15) is 62.6 Å². The number of nitrogens with zero attached hydrogens (tertiary/aromatic N) is 2. The fourth-order valence-corrected chi connectivity index (χ4v) is 4.93. The fourth-order valence-electron chi connectivity index (χ4n) is 4.93. The Morgan fingerprint density at radius 1 is 1.09 bits per heavy atom. The molecule has 0 radical (unpaired) electrons. The van der Waals surface area contributed by atoms with Crippen LogP contribution in [0.3, 0.4) is 0 Å². The van der Waals surface area contributed by atoms with Gasteiger partial charge in [0.1, 0.15) is 5.69 Å². The SMILES string of the molecule is CCc1ccc(C2CC(=O)N(c3ccc(C)cc3[N+](=O)[O-])C3=C2C(=O)CC(C)(C)C3)cc1. The van der Waals surface area contributed by atoms with E-state index in [1.54, 1.807) is 19.1 Å². The maximum absolute atomic E-state index is 13.5. The molecule has 4 rings (SSSR count). The summed E-state index contributed by atoms with van der Waals surface area (Å²) >= 11 is 0. The van der Waals surface area contributed by atoms with Crippen LogP contribution in [0.2, 0.25) is 0 Å². The van der Waals surface area contributed by atoms with Crippen LogP contribution in [0.25, 0.3) is 0 Å². The number of nitro groups is 1. The van der Waals surface area contributed by atoms with E-state index in [-0.39, 0.29) is 40.8 Å². The Labute approximate surface area is 188 Å². The number of aryl methyl sites for hydroxylation is 2. The Morgan fingerprint density at radius 2 is 1.78 bits per heavy atom. The lowest BCUT2D eigenvalue weighted by atomic mass is 9.69. The van der Waals surface area contributed by atoms with Crippen LogP contribution in [-0.2, 0) is 16.0 Å². The molecular formula is C26H28N2O4. The molecule has 32 heavy (non-hydrogen) atoms. The van der Waals surface area contributed by atoms with E-state index in [4.69, 9.17) is 0 Å². The lowest BCUT2D eigenvalue weighted by Crippen LogP contribution is -2.44. The van der Waals surface area contributed by atoms with Gasteiger partial charge in [-0.3, -0.25) is 24.6 Å². The number of Topliss-reactive ketones (excluding diaryl/α,β-unsaturated/α-hetero) is 1. The van der Waals surface area contributed by atoms with Gasteiger partial charge in [-0.1, -0.05) is 51.1 Å². The van der Waals surface area contributed by atoms with Crippen molar-refractivity contribution in [3.8, 4) is 0 Å². The van der Waals surface area contributed by atoms with Crippen molar-refractivity contribution in [2.45, 2.75) is 59.3 Å². The zero-order valence-electron chi connectivity index (χ0n) is 19.0. The minimum Gasteiger partial charge on any atom is -0.294 e. The van der Waals surface area contributed by atoms with Gasteiger partial charge < -0.3 is 0 Å². The fraction of sp³-hybridized carbons (Fsp3) is 0.385. The van der Waals surface area contributed by atoms with Crippen LogP contribution in [0.5, 0.6) is 0 Å². The molecule has 6 nitrogen and oxygen atoms in total. The van der Waals surface area contributed by atoms with Gasteiger partial charge in [-0.2, -0.15) is 0 Å². The van der Waals surface area contributed by atoms with E-state index in [9.17, 15) is 19.7 Å². The van der Waals surface area contributed by atoms with E-state index in [1.807, 2.05) is 38.1 Å². The summed E-state index contributed by atoms with van der Waals surface area (Å²) in [6, 6.07) is 12.9. The Bertz CT molecular complexity index is 1140. The summed E-state index contributed by atoms with van der Waals surface area (Å²) in [5.41, 5.74) is 3.90. The molecule has 0 saturated carbocycles. The number of hydrogen-bond acceptors (Lipinski definition) is 4. The van der Waals surface area contributed by atoms with Crippen LogP contribution in [0, 0.1) is 22.5 Å². The van der Waals surface area contributed by atoms with Crippen LogP contribution in [0.15, 0.2) is 53.7 Å². The summed E-state index contributed by atoms with van der Waals surface area (Å²) < 4.78 is 0. The average Bonchev–Trinajstić information content (AvgIpc) is 2.72. The Balaban J connectivity index is 1.92. The maximum Gasteiger partial charge on any atom is 0.293 e. The number of hydrogen-bond donors (Lipinski definition) is 0. The number of benzene rings is 2. The molecule has 6 heteroatoms. The molecule has 2 aromatic carbocycles. The third kappa shape index (κ3) is 3.85. The first-order valence-electron chi connectivity index (χ1n) is 11.0. The highest BCUT2D eigenvalue weighted by Crippen LogP contribution is 2.49. The molecule has 0 bridgehead atoms. The molecule has 1 amide bonds. The van der Waals surface area contributed by atoms with Crippen LogP contribution >= 0.6 is 0 Å². The first-order chi connectivity index (χ1) is 15.1. The number of carbonyl (C=O) groups excluding carboxylic acids is 2. The molecule has 1 heterocycles. The predicted molar refractivity (Wildman–Crippen MR) is 124 cm³/mol. The molecule has 0 aromatic heterocycles. The minimum absolute atomic E-state index is 0.0214. The monoisotopic (exact) mass is 432 g/mol. The van der Waals surface area contributed by atoms with E-state index in [1.165, 1.54) is 16.5 Å². The third-order valence-corrected chi connectivity index (χ3v) is 6.50. The van der Waals surface area contributed by atoms with Crippen molar-refractivity contribution in [1.82, 2.24) is 0 Å². The third-order valence-electron chi connectivity index (χ3n) is 6.50. The normalized spacial score (nSPS) is 20.4. The largest absolute Gasteiger partial charge is 0.294 e. The van der Waals surface area contributed by atoms with E-state index >= 15 is 0 Å². The number of carbonyl (C=O) groups is 2. The molecule has 166 valence electrons. The van der Waals surface area contributed by atoms with Crippen molar-refractivity contribution in [2.24, 2.45) is 5.41 Å². The second-order valence-electron chi connectivity index (χ2n) is 9.63. The van der Waals surface area contributed by atoms with Gasteiger partial charge in [0, 0.05) is 36.1 Å². The molecule has 1 aliphatic carbocycles. The summed E-state index contributed by atoms with van der Waals surface area (Å²) in [6.07, 6.45) is 1.93. The van der Waals surface area contributed by atoms with Crippen molar-refractivity contribution >= 4 is 23.1 Å². The summed E-state index contributed by atoms with van der Waals surface area (Å²) in [5.74, 6) is -0.522. The second-order valence-corrected chi connectivity index (χ2v) is 9.63. The summed E-state index contributed by atoms with van der Waals surface area (Å²) in [4.78, 5) is 39.7. The molecule has 0 saturated heterocycles. The molecule has 0 fully saturated rings. The highest BCUT2D eigenvalue weighted by molar-refractivity contribution is 6.08. The average molecular weight is 433 g/mol. The minimum atomic E-state index is -0.457. The maximum atomic E-state index is 13.5. The topological polar surface area (TPSA) is 80.5 Å². The first-order valence-corrected chi connectivity index (χ1v) is 11.0. The molecule has 2 aliphatic rings. The molecule has 1 unspecified atom stereocenters. The van der Waals surface area contributed by atoms with Gasteiger partial charge in [-0.25, -0.2) is 0 Å². The molecule has 2 aromatic rings. The zero-order chi connectivity index (χ0) is 23.2. The van der Waals surface area contributed by atoms with Crippen molar-refractivity contribution in [2.75, 3.05) is 4.90 Å². The van der Waals surface area contributed by atoms with Crippen LogP contribution in [0.4, 0.5) is 11.4 Å². The van der Waals surface area contributed by atoms with E-state index in [0.717, 1.165) is 17.5 Å². The number of nitro benzene ring substituents is 1. The van der Waals surface area contributed by atoms with Crippen molar-refractivity contribution in [1.29, 1.82) is 0 Å². The number of amides is 1. The Kier molecular flexibility index (Phi) is 5.49. The molecule has 1 atom stereocenters. The Morgan fingerprint density at radius 3 is 2.41 bits per heavy atom. The highest BCUT2D eigenvalue weighted by Gasteiger charge is 2.45. The summed E-state index contributed by atoms with van der Waals surface area (Å²) in [7, 11) is 0. The van der Waals surface area contributed by atoms with Crippen LogP contribution < -0.4 is 4.90 Å². The van der Waals surface area contributed by atoms with E-state index < -0.39 is 4.92 Å². The number of allylic oxidation sites excluding steroid dienone is 2. The molecule has 1 aliphatic heterocycles. The standard InChI is InChI=1S/C26H28N2O4/c1-5-17-7-9-18(10-8-17)19-13-24(30)27(20-11-6-16(2)12-21(20)28(31)32)22-14-26(3,4)15-23(29)25(19)22/h6-12,19H,5,13-15H2,1-4H3. The van der Waals surface area contributed by atoms with Gasteiger partial charge in [0.05, 0.1) is 4.92 Å². The molecule has 0 N–H and O–H groups in total. The Hall–Kier alpha value is -3.28. The lowest BCUT2D eigenvalue weighted by molar-refractivity contribution is -0.384. The van der Waals surface area contributed by atoms with Gasteiger partial charge in [0.15, 0.2) is 5.78 Å². The van der Waals surface area contributed by atoms with Gasteiger partial charge in [0.25, 0.3) is 5.69 Å². The smallest absolute Gasteiger partial charge is 0.293 e. The lowest BCUT2D eigenvalue weighted by Gasteiger charge is -2.42.